The summed E-state index contributed by atoms with van der Waals surface area (Å²) in [5.74, 6) is -0.841. The van der Waals surface area contributed by atoms with Crippen LogP contribution >= 0.6 is 7.82 Å². The van der Waals surface area contributed by atoms with E-state index >= 15 is 0 Å². The van der Waals surface area contributed by atoms with Gasteiger partial charge in [-0.25, -0.2) is 0 Å². The third-order valence-electron chi connectivity index (χ3n) is 6.88. The van der Waals surface area contributed by atoms with E-state index in [1.165, 1.54) is 64.2 Å². The van der Waals surface area contributed by atoms with Crippen LogP contribution in [-0.4, -0.2) is 70.0 Å². The van der Waals surface area contributed by atoms with Gasteiger partial charge in [0.05, 0.1) is 27.7 Å². The summed E-state index contributed by atoms with van der Waals surface area (Å²) in [6.07, 6.45) is 18.7. The lowest BCUT2D eigenvalue weighted by Crippen LogP contribution is -2.37. The van der Waals surface area contributed by atoms with E-state index in [2.05, 4.69) is 13.8 Å². The van der Waals surface area contributed by atoms with Crippen molar-refractivity contribution in [3.05, 3.63) is 0 Å². The zero-order valence-corrected chi connectivity index (χ0v) is 27.9. The van der Waals surface area contributed by atoms with Gasteiger partial charge in [-0.15, -0.1) is 0 Å². The summed E-state index contributed by atoms with van der Waals surface area (Å²) in [6.45, 7) is 4.13. The van der Waals surface area contributed by atoms with Crippen LogP contribution in [0, 0.1) is 0 Å². The molecule has 1 unspecified atom stereocenters. The molecule has 0 rings (SSSR count). The molecule has 0 spiro atoms. The summed E-state index contributed by atoms with van der Waals surface area (Å²) in [5.41, 5.74) is 0. The quantitative estimate of drug-likeness (QED) is 0.0383. The topological polar surface area (TPSA) is 111 Å². The highest BCUT2D eigenvalue weighted by Crippen LogP contribution is 2.38. The maximum absolute atomic E-state index is 12.4. The van der Waals surface area contributed by atoms with Crippen LogP contribution in [-0.2, 0) is 32.7 Å². The summed E-state index contributed by atoms with van der Waals surface area (Å²) in [7, 11) is 1.17. The van der Waals surface area contributed by atoms with Crippen LogP contribution < -0.4 is 4.89 Å². The van der Waals surface area contributed by atoms with Crippen molar-refractivity contribution in [3.63, 3.8) is 0 Å². The van der Waals surface area contributed by atoms with Crippen molar-refractivity contribution in [1.82, 2.24) is 0 Å². The maximum atomic E-state index is 12.4. The Hall–Kier alpha value is -0.990. The molecule has 244 valence electrons. The molecule has 0 radical (unpaired) electrons. The van der Waals surface area contributed by atoms with Crippen LogP contribution in [0.25, 0.3) is 0 Å². The first-order valence-electron chi connectivity index (χ1n) is 16.2. The molecule has 0 fully saturated rings. The number of phosphoric ester groups is 1. The molecule has 0 bridgehead atoms. The second kappa shape index (κ2) is 25.5. The minimum Gasteiger partial charge on any atom is -0.756 e. The largest absolute Gasteiger partial charge is 0.756 e. The Morgan fingerprint density at radius 3 is 1.56 bits per heavy atom. The molecule has 0 aliphatic carbocycles. The van der Waals surface area contributed by atoms with E-state index in [0.29, 0.717) is 17.4 Å². The van der Waals surface area contributed by atoms with E-state index in [0.717, 1.165) is 38.5 Å². The molecule has 0 saturated heterocycles. The fourth-order valence-electron chi connectivity index (χ4n) is 4.24. The number of nitrogens with zero attached hydrogens (tertiary/aromatic N) is 1. The third-order valence-corrected chi connectivity index (χ3v) is 7.84. The van der Waals surface area contributed by atoms with E-state index in [4.69, 9.17) is 18.5 Å². The van der Waals surface area contributed by atoms with Crippen molar-refractivity contribution in [2.24, 2.45) is 0 Å². The molecule has 9 nitrogen and oxygen atoms in total. The van der Waals surface area contributed by atoms with E-state index in [9.17, 15) is 19.0 Å². The highest BCUT2D eigenvalue weighted by atomic mass is 31.2. The summed E-state index contributed by atoms with van der Waals surface area (Å²) in [6, 6.07) is 0. The number of quaternary nitrogens is 1. The number of hydrogen-bond acceptors (Lipinski definition) is 8. The lowest BCUT2D eigenvalue weighted by atomic mass is 10.1. The van der Waals surface area contributed by atoms with Gasteiger partial charge in [0.15, 0.2) is 6.10 Å². The van der Waals surface area contributed by atoms with E-state index < -0.39 is 26.5 Å². The predicted octanol–water partition coefficient (Wildman–Crippen LogP) is 7.10. The van der Waals surface area contributed by atoms with Gasteiger partial charge >= 0.3 is 11.9 Å². The maximum Gasteiger partial charge on any atom is 0.306 e. The van der Waals surface area contributed by atoms with Crippen LogP contribution in [0.1, 0.15) is 136 Å². The highest BCUT2D eigenvalue weighted by Gasteiger charge is 2.21. The van der Waals surface area contributed by atoms with Crippen LogP contribution in [0.4, 0.5) is 0 Å². The van der Waals surface area contributed by atoms with Crippen molar-refractivity contribution in [1.29, 1.82) is 0 Å². The second-order valence-electron chi connectivity index (χ2n) is 12.2. The molecule has 0 N–H and O–H groups in total. The molecule has 2 atom stereocenters. The summed E-state index contributed by atoms with van der Waals surface area (Å²) in [5, 5.41) is 0. The van der Waals surface area contributed by atoms with Crippen LogP contribution in [0.15, 0.2) is 0 Å². The van der Waals surface area contributed by atoms with E-state index in [-0.39, 0.29) is 32.0 Å². The lowest BCUT2D eigenvalue weighted by molar-refractivity contribution is -0.870. The molecule has 0 heterocycles. The van der Waals surface area contributed by atoms with Crippen molar-refractivity contribution in [3.8, 4) is 0 Å². The Bertz CT molecular complexity index is 698. The van der Waals surface area contributed by atoms with Gasteiger partial charge in [-0.05, 0) is 12.8 Å². The molecular weight excluding hydrogens is 545 g/mol. The van der Waals surface area contributed by atoms with Gasteiger partial charge in [0.2, 0.25) is 0 Å². The summed E-state index contributed by atoms with van der Waals surface area (Å²) >= 11 is 0. The van der Waals surface area contributed by atoms with Crippen LogP contribution in [0.3, 0.4) is 0 Å². The molecule has 10 heteroatoms. The number of likely N-dealkylation sites (N-methyl/N-ethyl adjacent to an activating group) is 1. The number of ether oxygens (including phenoxy) is 2. The zero-order valence-electron chi connectivity index (χ0n) is 27.0. The normalized spacial score (nSPS) is 14.0. The van der Waals surface area contributed by atoms with Crippen molar-refractivity contribution in [2.75, 3.05) is 47.5 Å². The Morgan fingerprint density at radius 1 is 0.659 bits per heavy atom. The lowest BCUT2D eigenvalue weighted by Gasteiger charge is -2.28. The van der Waals surface area contributed by atoms with Gasteiger partial charge in [0.1, 0.15) is 19.8 Å². The van der Waals surface area contributed by atoms with Crippen molar-refractivity contribution in [2.45, 2.75) is 142 Å². The molecular formula is C31H62NO8P. The molecule has 0 saturated carbocycles. The van der Waals surface area contributed by atoms with E-state index in [1.54, 1.807) is 0 Å². The van der Waals surface area contributed by atoms with Crippen molar-refractivity contribution >= 4 is 19.8 Å². The van der Waals surface area contributed by atoms with Gasteiger partial charge in [-0.2, -0.15) is 0 Å². The summed E-state index contributed by atoms with van der Waals surface area (Å²) in [4.78, 5) is 36.9. The Kier molecular flexibility index (Phi) is 24.9. The molecule has 0 amide bonds. The van der Waals surface area contributed by atoms with Gasteiger partial charge in [0.25, 0.3) is 7.82 Å². The molecule has 41 heavy (non-hydrogen) atoms. The number of rotatable bonds is 29. The average molecular weight is 608 g/mol. The third kappa shape index (κ3) is 28.9. The fraction of sp³-hybridized carbons (Fsp3) is 0.935. The first-order valence-corrected chi connectivity index (χ1v) is 17.7. The highest BCUT2D eigenvalue weighted by molar-refractivity contribution is 7.45. The number of hydrogen-bond donors (Lipinski definition) is 0. The Balaban J connectivity index is 4.49. The number of phosphoric acid groups is 1. The minimum absolute atomic E-state index is 0.0270. The number of carbonyl (C=O) groups excluding carboxylic acids is 2. The molecule has 0 aromatic carbocycles. The molecule has 0 aromatic rings. The van der Waals surface area contributed by atoms with Gasteiger partial charge in [0, 0.05) is 12.8 Å². The van der Waals surface area contributed by atoms with Gasteiger partial charge < -0.3 is 27.9 Å². The predicted molar refractivity (Wildman–Crippen MR) is 162 cm³/mol. The molecule has 0 aliphatic heterocycles. The summed E-state index contributed by atoms with van der Waals surface area (Å²) < 4.78 is 33.4. The number of esters is 2. The first kappa shape index (κ1) is 40.0. The fourth-order valence-corrected chi connectivity index (χ4v) is 4.97. The Labute approximate surface area is 251 Å². The minimum atomic E-state index is -4.59. The Morgan fingerprint density at radius 2 is 1.10 bits per heavy atom. The van der Waals surface area contributed by atoms with Crippen LogP contribution in [0.5, 0.6) is 0 Å². The molecule has 0 aromatic heterocycles. The SMILES string of the molecule is CCCCCCCCCCCCC(=O)OC[C@H](COP(=O)([O-])OCC[N+](C)(C)C)OC(=O)CCCCCCCCC. The zero-order chi connectivity index (χ0) is 30.8. The number of unbranched alkanes of at least 4 members (excludes halogenated alkanes) is 15. The van der Waals surface area contributed by atoms with E-state index in [1.807, 2.05) is 21.1 Å². The second-order valence-corrected chi connectivity index (χ2v) is 13.6. The molecule has 0 aliphatic rings. The number of carbonyl (C=O) groups is 2. The first-order chi connectivity index (χ1) is 19.5. The smallest absolute Gasteiger partial charge is 0.306 e. The monoisotopic (exact) mass is 607 g/mol. The van der Waals surface area contributed by atoms with Crippen molar-refractivity contribution < 1.29 is 42.1 Å². The van der Waals surface area contributed by atoms with Gasteiger partial charge in [-0.1, -0.05) is 110 Å². The van der Waals surface area contributed by atoms with Crippen LogP contribution in [0.2, 0.25) is 0 Å². The average Bonchev–Trinajstić information content (AvgIpc) is 2.90. The standard InChI is InChI=1S/C31H62NO8P/c1-6-8-10-12-14-15-16-18-19-21-23-30(33)37-27-29(28-39-41(35,36)38-26-25-32(3,4)5)40-31(34)24-22-20-17-13-11-9-7-2/h29H,6-28H2,1-5H3/t29-/m1/s1. The van der Waals surface area contributed by atoms with Gasteiger partial charge in [-0.3, -0.25) is 14.2 Å².